The maximum absolute atomic E-state index is 13.6. The molecule has 2 aromatic heterocycles. The number of pyridine rings is 1. The molecule has 170 valence electrons. The van der Waals surface area contributed by atoms with Crippen LogP contribution in [0.2, 0.25) is 5.02 Å². The summed E-state index contributed by atoms with van der Waals surface area (Å²) in [5.74, 6) is -0.779. The van der Waals surface area contributed by atoms with Crippen LogP contribution in [0.25, 0.3) is 17.0 Å². The Labute approximate surface area is 196 Å². The minimum absolute atomic E-state index is 0.0843. The number of benzene rings is 1. The largest absolute Gasteiger partial charge is 0.326 e. The number of aryl methyl sites for hydroxylation is 2. The standard InChI is InChI=1S/C25H25ClN4O3/c1-5-19-20(24(32)30(27-19)18-10-6-9-17(26)12-18)21-22(28-11-7-8-16(4)14-28)25(33)29(23(21)31)13-15(2)3/h6-12,14-15H,5,13H2,1-4H3/p+1. The third-order valence-electron chi connectivity index (χ3n) is 5.53. The summed E-state index contributed by atoms with van der Waals surface area (Å²) in [6.45, 7) is 7.95. The zero-order valence-electron chi connectivity index (χ0n) is 19.1. The minimum atomic E-state index is -0.457. The van der Waals surface area contributed by atoms with Crippen molar-refractivity contribution in [2.75, 3.05) is 6.54 Å². The van der Waals surface area contributed by atoms with Crippen molar-refractivity contribution in [2.45, 2.75) is 34.1 Å². The van der Waals surface area contributed by atoms with E-state index in [1.165, 1.54) is 9.58 Å². The fourth-order valence-electron chi connectivity index (χ4n) is 4.08. The average Bonchev–Trinajstić information content (AvgIpc) is 3.21. The Kier molecular flexibility index (Phi) is 6.08. The summed E-state index contributed by atoms with van der Waals surface area (Å²) in [6.07, 6.45) is 3.98. The third kappa shape index (κ3) is 4.04. The van der Waals surface area contributed by atoms with Crippen LogP contribution in [0.4, 0.5) is 0 Å². The number of hydrogen-bond acceptors (Lipinski definition) is 3. The number of H-pyrrole nitrogens is 1. The van der Waals surface area contributed by atoms with Crippen molar-refractivity contribution in [3.63, 3.8) is 0 Å². The monoisotopic (exact) mass is 465 g/mol. The molecule has 0 saturated heterocycles. The predicted octanol–water partition coefficient (Wildman–Crippen LogP) is 3.37. The van der Waals surface area contributed by atoms with Gasteiger partial charge in [0.2, 0.25) is 0 Å². The molecular formula is C25H26ClN4O3+. The molecular weight excluding hydrogens is 440 g/mol. The molecule has 2 amide bonds. The second-order valence-corrected chi connectivity index (χ2v) is 9.00. The molecule has 4 rings (SSSR count). The van der Waals surface area contributed by atoms with Gasteiger partial charge < -0.3 is 0 Å². The lowest BCUT2D eigenvalue weighted by atomic mass is 10.0. The van der Waals surface area contributed by atoms with E-state index in [1.54, 1.807) is 41.2 Å². The second kappa shape index (κ2) is 8.83. The summed E-state index contributed by atoms with van der Waals surface area (Å²) in [5, 5.41) is 3.60. The van der Waals surface area contributed by atoms with Crippen molar-refractivity contribution in [3.05, 3.63) is 81.0 Å². The molecule has 0 fully saturated rings. The van der Waals surface area contributed by atoms with Crippen LogP contribution < -0.4 is 10.1 Å². The van der Waals surface area contributed by atoms with E-state index in [0.717, 1.165) is 5.56 Å². The lowest BCUT2D eigenvalue weighted by Crippen LogP contribution is -2.41. The molecule has 1 N–H and O–H groups in total. The van der Waals surface area contributed by atoms with E-state index < -0.39 is 17.4 Å². The first-order valence-corrected chi connectivity index (χ1v) is 11.3. The SMILES string of the molecule is CCc1[nH]n(-c2cccc(Cl)c2)c(=O)c1C1=C([n+]2cccc(C)c2)C(=O)N(CC(C)C)C1=O. The molecule has 1 aliphatic rings. The zero-order valence-corrected chi connectivity index (χ0v) is 19.8. The van der Waals surface area contributed by atoms with E-state index in [4.69, 9.17) is 11.6 Å². The number of aromatic nitrogens is 3. The van der Waals surface area contributed by atoms with Crippen molar-refractivity contribution >= 4 is 34.7 Å². The van der Waals surface area contributed by atoms with Gasteiger partial charge in [-0.3, -0.25) is 24.4 Å². The molecule has 0 aliphatic carbocycles. The highest BCUT2D eigenvalue weighted by Gasteiger charge is 2.47. The molecule has 33 heavy (non-hydrogen) atoms. The Morgan fingerprint density at radius 2 is 1.85 bits per heavy atom. The van der Waals surface area contributed by atoms with E-state index in [2.05, 4.69) is 5.10 Å². The molecule has 0 bridgehead atoms. The predicted molar refractivity (Wildman–Crippen MR) is 127 cm³/mol. The normalized spacial score (nSPS) is 14.2. The van der Waals surface area contributed by atoms with Crippen LogP contribution in [-0.4, -0.2) is 33.0 Å². The first kappa shape index (κ1) is 22.7. The summed E-state index contributed by atoms with van der Waals surface area (Å²) in [4.78, 5) is 41.9. The van der Waals surface area contributed by atoms with Gasteiger partial charge in [-0.1, -0.05) is 38.4 Å². The highest BCUT2D eigenvalue weighted by molar-refractivity contribution is 6.44. The van der Waals surface area contributed by atoms with Crippen LogP contribution in [0.3, 0.4) is 0 Å². The minimum Gasteiger partial charge on any atom is -0.294 e. The van der Waals surface area contributed by atoms with E-state index in [1.807, 2.05) is 39.8 Å². The van der Waals surface area contributed by atoms with Gasteiger partial charge in [-0.2, -0.15) is 4.57 Å². The quantitative estimate of drug-likeness (QED) is 0.447. The summed E-state index contributed by atoms with van der Waals surface area (Å²) >= 11 is 6.14. The van der Waals surface area contributed by atoms with Gasteiger partial charge in [-0.05, 0) is 43.5 Å². The maximum Gasteiger partial charge on any atom is 0.326 e. The Morgan fingerprint density at radius 3 is 2.48 bits per heavy atom. The number of halogens is 1. The number of aromatic amines is 1. The number of nitrogens with zero attached hydrogens (tertiary/aromatic N) is 3. The van der Waals surface area contributed by atoms with Crippen molar-refractivity contribution in [1.29, 1.82) is 0 Å². The third-order valence-corrected chi connectivity index (χ3v) is 5.77. The van der Waals surface area contributed by atoms with Gasteiger partial charge in [0.25, 0.3) is 17.2 Å². The highest BCUT2D eigenvalue weighted by atomic mass is 35.5. The number of hydrogen-bond donors (Lipinski definition) is 1. The molecule has 3 aromatic rings. The second-order valence-electron chi connectivity index (χ2n) is 8.57. The van der Waals surface area contributed by atoms with E-state index in [9.17, 15) is 14.4 Å². The van der Waals surface area contributed by atoms with Crippen LogP contribution in [-0.2, 0) is 16.0 Å². The van der Waals surface area contributed by atoms with Crippen LogP contribution in [0, 0.1) is 12.8 Å². The first-order valence-electron chi connectivity index (χ1n) is 10.9. The molecule has 0 atom stereocenters. The Balaban J connectivity index is 2.00. The molecule has 0 spiro atoms. The lowest BCUT2D eigenvalue weighted by molar-refractivity contribution is -0.577. The van der Waals surface area contributed by atoms with Gasteiger partial charge in [-0.15, -0.1) is 0 Å². The number of imide groups is 1. The Morgan fingerprint density at radius 1 is 1.09 bits per heavy atom. The van der Waals surface area contributed by atoms with E-state index >= 15 is 0 Å². The highest BCUT2D eigenvalue weighted by Crippen LogP contribution is 2.31. The number of carbonyl (C=O) groups is 2. The summed E-state index contributed by atoms with van der Waals surface area (Å²) < 4.78 is 3.01. The molecule has 0 saturated carbocycles. The van der Waals surface area contributed by atoms with E-state index in [0.29, 0.717) is 22.8 Å². The van der Waals surface area contributed by atoms with Gasteiger partial charge in [0.15, 0.2) is 12.4 Å². The van der Waals surface area contributed by atoms with Crippen molar-refractivity contribution in [1.82, 2.24) is 14.7 Å². The molecule has 1 aromatic carbocycles. The molecule has 7 nitrogen and oxygen atoms in total. The summed E-state index contributed by atoms with van der Waals surface area (Å²) in [7, 11) is 0. The molecule has 0 unspecified atom stereocenters. The summed E-state index contributed by atoms with van der Waals surface area (Å²) in [6, 6.07) is 10.6. The topological polar surface area (TPSA) is 79.1 Å². The van der Waals surface area contributed by atoms with Gasteiger partial charge in [0, 0.05) is 28.9 Å². The van der Waals surface area contributed by atoms with Gasteiger partial charge in [-0.25, -0.2) is 4.68 Å². The molecule has 8 heteroatoms. The van der Waals surface area contributed by atoms with Gasteiger partial charge in [0.1, 0.15) is 5.57 Å². The number of rotatable bonds is 6. The van der Waals surface area contributed by atoms with Gasteiger partial charge >= 0.3 is 5.91 Å². The van der Waals surface area contributed by atoms with Crippen molar-refractivity contribution in [3.8, 4) is 5.69 Å². The van der Waals surface area contributed by atoms with Crippen LogP contribution in [0.15, 0.2) is 53.6 Å². The van der Waals surface area contributed by atoms with Crippen LogP contribution >= 0.6 is 11.6 Å². The zero-order chi connectivity index (χ0) is 23.9. The molecule has 0 radical (unpaired) electrons. The number of nitrogens with one attached hydrogen (secondary N) is 1. The molecule has 1 aliphatic heterocycles. The average molecular weight is 466 g/mol. The summed E-state index contributed by atoms with van der Waals surface area (Å²) in [5.41, 5.74) is 2.17. The first-order chi connectivity index (χ1) is 15.7. The molecule has 3 heterocycles. The fraction of sp³-hybridized carbons (Fsp3) is 0.280. The van der Waals surface area contributed by atoms with Crippen molar-refractivity contribution in [2.24, 2.45) is 5.92 Å². The number of carbonyl (C=O) groups excluding carboxylic acids is 2. The van der Waals surface area contributed by atoms with Crippen LogP contribution in [0.5, 0.6) is 0 Å². The Hall–Kier alpha value is -3.45. The maximum atomic E-state index is 13.6. The van der Waals surface area contributed by atoms with Crippen LogP contribution in [0.1, 0.15) is 37.6 Å². The fourth-order valence-corrected chi connectivity index (χ4v) is 4.27. The van der Waals surface area contributed by atoms with Crippen molar-refractivity contribution < 1.29 is 14.2 Å². The Bertz CT molecular complexity index is 1350. The lowest BCUT2D eigenvalue weighted by Gasteiger charge is -2.16. The van der Waals surface area contributed by atoms with E-state index in [-0.39, 0.29) is 29.3 Å². The smallest absolute Gasteiger partial charge is 0.294 e. The van der Waals surface area contributed by atoms with Gasteiger partial charge in [0.05, 0.1) is 11.3 Å². The number of amides is 2.